The van der Waals surface area contributed by atoms with Crippen molar-refractivity contribution in [2.24, 2.45) is 11.8 Å². The molecule has 1 aromatic rings. The Balaban J connectivity index is 1.77. The number of alkyl halides is 3. The fourth-order valence-electron chi connectivity index (χ4n) is 2.84. The normalized spacial score (nSPS) is 23.0. The van der Waals surface area contributed by atoms with Crippen LogP contribution >= 0.6 is 0 Å². The van der Waals surface area contributed by atoms with Gasteiger partial charge in [0.05, 0.1) is 5.56 Å². The smallest absolute Gasteiger partial charge is 0.381 e. The predicted molar refractivity (Wildman–Crippen MR) is 68.6 cm³/mol. The molecule has 3 heterocycles. The maximum atomic E-state index is 12.7. The van der Waals surface area contributed by atoms with E-state index in [9.17, 15) is 13.2 Å². The molecule has 0 aromatic carbocycles. The minimum atomic E-state index is -4.49. The Bertz CT molecular complexity index is 570. The lowest BCUT2D eigenvalue weighted by Gasteiger charge is -2.43. The molecule has 3 rings (SSSR count). The van der Waals surface area contributed by atoms with Gasteiger partial charge in [0.2, 0.25) is 0 Å². The first-order valence-electron chi connectivity index (χ1n) is 6.80. The summed E-state index contributed by atoms with van der Waals surface area (Å²) >= 11 is 0. The first-order valence-corrected chi connectivity index (χ1v) is 6.80. The fourth-order valence-corrected chi connectivity index (χ4v) is 2.84. The molecule has 1 atom stereocenters. The van der Waals surface area contributed by atoms with Gasteiger partial charge in [-0.15, -0.1) is 0 Å². The van der Waals surface area contributed by atoms with Crippen molar-refractivity contribution in [3.05, 3.63) is 23.4 Å². The Morgan fingerprint density at radius 1 is 1.29 bits per heavy atom. The summed E-state index contributed by atoms with van der Waals surface area (Å²) in [4.78, 5) is 5.39. The van der Waals surface area contributed by atoms with Crippen molar-refractivity contribution in [1.29, 1.82) is 5.26 Å². The van der Waals surface area contributed by atoms with E-state index in [0.29, 0.717) is 24.9 Å². The van der Waals surface area contributed by atoms with Crippen LogP contribution in [-0.2, 0) is 10.9 Å². The van der Waals surface area contributed by atoms with Crippen LogP contribution in [0.5, 0.6) is 0 Å². The molecule has 0 radical (unpaired) electrons. The molecule has 112 valence electrons. The fraction of sp³-hybridized carbons (Fsp3) is 0.571. The van der Waals surface area contributed by atoms with Gasteiger partial charge in [-0.1, -0.05) is 0 Å². The van der Waals surface area contributed by atoms with Gasteiger partial charge in [-0.25, -0.2) is 4.98 Å². The number of halogens is 3. The molecule has 2 saturated heterocycles. The molecule has 0 amide bonds. The first kappa shape index (κ1) is 14.1. The lowest BCUT2D eigenvalue weighted by Crippen LogP contribution is -2.51. The third-order valence-electron chi connectivity index (χ3n) is 4.13. The summed E-state index contributed by atoms with van der Waals surface area (Å²) in [7, 11) is 0. The van der Waals surface area contributed by atoms with Gasteiger partial charge in [0.1, 0.15) is 17.6 Å². The van der Waals surface area contributed by atoms with Crippen molar-refractivity contribution in [1.82, 2.24) is 4.98 Å². The van der Waals surface area contributed by atoms with Gasteiger partial charge in [0, 0.05) is 26.3 Å². The quantitative estimate of drug-likeness (QED) is 0.841. The van der Waals surface area contributed by atoms with Gasteiger partial charge in [-0.05, 0) is 30.4 Å². The molecule has 0 aliphatic carbocycles. The van der Waals surface area contributed by atoms with Gasteiger partial charge in [0.15, 0.2) is 0 Å². The summed E-state index contributed by atoms with van der Waals surface area (Å²) in [6, 6.07) is 3.95. The van der Waals surface area contributed by atoms with Gasteiger partial charge < -0.3 is 9.64 Å². The van der Waals surface area contributed by atoms with Crippen molar-refractivity contribution < 1.29 is 17.9 Å². The molecular formula is C14H14F3N3O. The molecule has 1 aromatic heterocycles. The molecule has 0 bridgehead atoms. The Labute approximate surface area is 120 Å². The summed E-state index contributed by atoms with van der Waals surface area (Å²) < 4.78 is 43.5. The van der Waals surface area contributed by atoms with Crippen molar-refractivity contribution >= 4 is 5.82 Å². The zero-order valence-electron chi connectivity index (χ0n) is 11.2. The van der Waals surface area contributed by atoms with Crippen molar-refractivity contribution in [3.63, 3.8) is 0 Å². The minimum absolute atomic E-state index is 0.141. The molecule has 2 aliphatic heterocycles. The molecular weight excluding hydrogens is 283 g/mol. The van der Waals surface area contributed by atoms with Crippen LogP contribution in [0.3, 0.4) is 0 Å². The van der Waals surface area contributed by atoms with Crippen LogP contribution in [0.2, 0.25) is 0 Å². The van der Waals surface area contributed by atoms with Gasteiger partial charge in [-0.3, -0.25) is 0 Å². The number of nitrogens with zero attached hydrogens (tertiary/aromatic N) is 3. The Morgan fingerprint density at radius 2 is 2.05 bits per heavy atom. The second kappa shape index (κ2) is 5.19. The molecule has 0 spiro atoms. The number of hydrogen-bond acceptors (Lipinski definition) is 4. The Hall–Kier alpha value is -1.81. The maximum Gasteiger partial charge on any atom is 0.433 e. The average Bonchev–Trinajstić information content (AvgIpc) is 2.89. The van der Waals surface area contributed by atoms with Crippen LogP contribution in [0.4, 0.5) is 19.0 Å². The van der Waals surface area contributed by atoms with Crippen LogP contribution in [0.15, 0.2) is 12.1 Å². The summed E-state index contributed by atoms with van der Waals surface area (Å²) in [6.07, 6.45) is -3.49. The predicted octanol–water partition coefficient (Wildman–Crippen LogP) is 2.44. The maximum absolute atomic E-state index is 12.7. The molecule has 21 heavy (non-hydrogen) atoms. The van der Waals surface area contributed by atoms with Crippen molar-refractivity contribution in [3.8, 4) is 6.07 Å². The highest BCUT2D eigenvalue weighted by Crippen LogP contribution is 2.36. The molecule has 2 aliphatic rings. The van der Waals surface area contributed by atoms with E-state index in [1.54, 1.807) is 4.90 Å². The number of anilines is 1. The number of hydrogen-bond donors (Lipinski definition) is 0. The molecule has 1 unspecified atom stereocenters. The monoisotopic (exact) mass is 297 g/mol. The molecule has 0 saturated carbocycles. The van der Waals surface area contributed by atoms with Crippen LogP contribution in [0.1, 0.15) is 17.7 Å². The van der Waals surface area contributed by atoms with E-state index in [4.69, 9.17) is 10.00 Å². The highest BCUT2D eigenvalue weighted by atomic mass is 19.4. The summed E-state index contributed by atoms with van der Waals surface area (Å²) in [5.41, 5.74) is -0.770. The number of pyridine rings is 1. The van der Waals surface area contributed by atoms with E-state index >= 15 is 0 Å². The van der Waals surface area contributed by atoms with Gasteiger partial charge in [-0.2, -0.15) is 18.4 Å². The highest BCUT2D eigenvalue weighted by Gasteiger charge is 2.38. The van der Waals surface area contributed by atoms with Crippen molar-refractivity contribution in [2.45, 2.75) is 12.6 Å². The first-order chi connectivity index (χ1) is 9.99. The minimum Gasteiger partial charge on any atom is -0.381 e. The van der Waals surface area contributed by atoms with Gasteiger partial charge >= 0.3 is 6.18 Å². The van der Waals surface area contributed by atoms with E-state index in [2.05, 4.69) is 4.98 Å². The lowest BCUT2D eigenvalue weighted by molar-refractivity contribution is -0.141. The number of ether oxygens (including phenoxy) is 1. The van der Waals surface area contributed by atoms with Crippen LogP contribution in [0, 0.1) is 23.2 Å². The van der Waals surface area contributed by atoms with E-state index in [1.807, 2.05) is 6.07 Å². The lowest BCUT2D eigenvalue weighted by atomic mass is 9.85. The van der Waals surface area contributed by atoms with Crippen molar-refractivity contribution in [2.75, 3.05) is 31.2 Å². The third-order valence-corrected chi connectivity index (χ3v) is 4.13. The molecule has 4 nitrogen and oxygen atoms in total. The van der Waals surface area contributed by atoms with Crippen LogP contribution in [0.25, 0.3) is 0 Å². The van der Waals surface area contributed by atoms with Crippen LogP contribution in [-0.4, -0.2) is 31.3 Å². The van der Waals surface area contributed by atoms with E-state index in [1.165, 1.54) is 6.07 Å². The van der Waals surface area contributed by atoms with Gasteiger partial charge in [0.25, 0.3) is 0 Å². The second-order valence-electron chi connectivity index (χ2n) is 5.47. The Morgan fingerprint density at radius 3 is 2.62 bits per heavy atom. The Kier molecular flexibility index (Phi) is 3.49. The summed E-state index contributed by atoms with van der Waals surface area (Å²) in [5, 5.41) is 9.04. The van der Waals surface area contributed by atoms with Crippen LogP contribution < -0.4 is 4.90 Å². The average molecular weight is 297 g/mol. The SMILES string of the molecule is N#Cc1ccc(C(F)(F)F)nc1N1CC(C2CCOC2)C1. The summed E-state index contributed by atoms with van der Waals surface area (Å²) in [5.74, 6) is 1.02. The molecule has 7 heteroatoms. The second-order valence-corrected chi connectivity index (χ2v) is 5.47. The van der Waals surface area contributed by atoms with E-state index in [0.717, 1.165) is 25.7 Å². The number of aromatic nitrogens is 1. The summed E-state index contributed by atoms with van der Waals surface area (Å²) in [6.45, 7) is 2.75. The number of nitriles is 1. The topological polar surface area (TPSA) is 49.2 Å². The molecule has 2 fully saturated rings. The largest absolute Gasteiger partial charge is 0.433 e. The number of rotatable bonds is 2. The zero-order valence-corrected chi connectivity index (χ0v) is 11.2. The van der Waals surface area contributed by atoms with E-state index < -0.39 is 11.9 Å². The highest BCUT2D eigenvalue weighted by molar-refractivity contribution is 5.56. The van der Waals surface area contributed by atoms with E-state index in [-0.39, 0.29) is 11.4 Å². The standard InChI is InChI=1S/C14H14F3N3O/c15-14(16,17)12-2-1-9(5-18)13(19-12)20-6-11(7-20)10-3-4-21-8-10/h1-2,10-11H,3-4,6-8H2. The zero-order chi connectivity index (χ0) is 15.0. The molecule has 0 N–H and O–H groups in total. The third kappa shape index (κ3) is 2.68.